The van der Waals surface area contributed by atoms with E-state index in [4.69, 9.17) is 10.2 Å². The van der Waals surface area contributed by atoms with Gasteiger partial charge in [0.2, 0.25) is 0 Å². The molecule has 2 N–H and O–H groups in total. The molecule has 62 valence electrons. The van der Waals surface area contributed by atoms with Gasteiger partial charge in [-0.3, -0.25) is 0 Å². The summed E-state index contributed by atoms with van der Waals surface area (Å²) in [7, 11) is 0. The molecule has 0 amide bonds. The predicted molar refractivity (Wildman–Crippen MR) is 48.6 cm³/mol. The number of aryl methyl sites for hydroxylation is 1. The molecular weight excluding hydrogens is 158 g/mol. The van der Waals surface area contributed by atoms with Crippen LogP contribution in [0.5, 0.6) is 0 Å². The summed E-state index contributed by atoms with van der Waals surface area (Å²) in [4.78, 5) is 0. The lowest BCUT2D eigenvalue weighted by Gasteiger charge is -1.91. The summed E-state index contributed by atoms with van der Waals surface area (Å²) in [6, 6.07) is 2.05. The van der Waals surface area contributed by atoms with Crippen LogP contribution in [0.3, 0.4) is 0 Å². The lowest BCUT2D eigenvalue weighted by atomic mass is 10.3. The van der Waals surface area contributed by atoms with E-state index in [1.165, 1.54) is 0 Å². The van der Waals surface area contributed by atoms with Crippen molar-refractivity contribution in [2.45, 2.75) is 19.2 Å². The van der Waals surface area contributed by atoms with Gasteiger partial charge in [0.1, 0.15) is 11.5 Å². The SMILES string of the molecule is CSCc1cc(C)c(CN)o1. The monoisotopic (exact) mass is 171 g/mol. The molecule has 0 aliphatic rings. The third-order valence-corrected chi connectivity index (χ3v) is 2.12. The van der Waals surface area contributed by atoms with Gasteiger partial charge in [-0.05, 0) is 24.8 Å². The van der Waals surface area contributed by atoms with Gasteiger partial charge in [0.15, 0.2) is 0 Å². The number of rotatable bonds is 3. The zero-order valence-electron chi connectivity index (χ0n) is 6.89. The average molecular weight is 171 g/mol. The van der Waals surface area contributed by atoms with Crippen LogP contribution in [0.4, 0.5) is 0 Å². The minimum Gasteiger partial charge on any atom is -0.464 e. The van der Waals surface area contributed by atoms with Crippen LogP contribution in [0.2, 0.25) is 0 Å². The van der Waals surface area contributed by atoms with E-state index in [1.807, 2.05) is 6.92 Å². The van der Waals surface area contributed by atoms with Crippen LogP contribution in [0, 0.1) is 6.92 Å². The van der Waals surface area contributed by atoms with E-state index in [0.29, 0.717) is 6.54 Å². The number of thioether (sulfide) groups is 1. The highest BCUT2D eigenvalue weighted by molar-refractivity contribution is 7.97. The first kappa shape index (κ1) is 8.68. The first-order valence-electron chi connectivity index (χ1n) is 3.55. The van der Waals surface area contributed by atoms with E-state index in [1.54, 1.807) is 11.8 Å². The minimum atomic E-state index is 0.500. The standard InChI is InChI=1S/C8H13NOS/c1-6-3-7(5-11-2)10-8(6)4-9/h3H,4-5,9H2,1-2H3. The zero-order chi connectivity index (χ0) is 8.27. The highest BCUT2D eigenvalue weighted by Crippen LogP contribution is 2.17. The zero-order valence-corrected chi connectivity index (χ0v) is 7.70. The number of hydrogen-bond acceptors (Lipinski definition) is 3. The summed E-state index contributed by atoms with van der Waals surface area (Å²) in [5.41, 5.74) is 6.62. The Bertz CT molecular complexity index is 232. The number of nitrogens with two attached hydrogens (primary N) is 1. The highest BCUT2D eigenvalue weighted by Gasteiger charge is 2.04. The Morgan fingerprint density at radius 3 is 2.82 bits per heavy atom. The van der Waals surface area contributed by atoms with Crippen molar-refractivity contribution in [3.8, 4) is 0 Å². The van der Waals surface area contributed by atoms with Crippen molar-refractivity contribution >= 4 is 11.8 Å². The Labute approximate surface area is 71.1 Å². The summed E-state index contributed by atoms with van der Waals surface area (Å²) in [5.74, 6) is 2.87. The molecule has 11 heavy (non-hydrogen) atoms. The molecular formula is C8H13NOS. The van der Waals surface area contributed by atoms with E-state index in [-0.39, 0.29) is 0 Å². The van der Waals surface area contributed by atoms with Gasteiger partial charge in [-0.15, -0.1) is 0 Å². The average Bonchev–Trinajstić information content (AvgIpc) is 2.32. The van der Waals surface area contributed by atoms with Gasteiger partial charge in [-0.25, -0.2) is 0 Å². The second-order valence-corrected chi connectivity index (χ2v) is 3.32. The van der Waals surface area contributed by atoms with Crippen LogP contribution in [-0.2, 0) is 12.3 Å². The molecule has 1 heterocycles. The topological polar surface area (TPSA) is 39.2 Å². The second-order valence-electron chi connectivity index (χ2n) is 2.46. The predicted octanol–water partition coefficient (Wildman–Crippen LogP) is 1.91. The van der Waals surface area contributed by atoms with Gasteiger partial charge < -0.3 is 10.2 Å². The van der Waals surface area contributed by atoms with Crippen molar-refractivity contribution in [2.24, 2.45) is 5.73 Å². The molecule has 0 bridgehead atoms. The smallest absolute Gasteiger partial charge is 0.120 e. The van der Waals surface area contributed by atoms with Crippen LogP contribution in [0.25, 0.3) is 0 Å². The fourth-order valence-corrected chi connectivity index (χ4v) is 1.43. The van der Waals surface area contributed by atoms with Crippen LogP contribution < -0.4 is 5.73 Å². The first-order valence-corrected chi connectivity index (χ1v) is 4.94. The van der Waals surface area contributed by atoms with Crippen LogP contribution in [0.1, 0.15) is 17.1 Å². The van der Waals surface area contributed by atoms with E-state index in [2.05, 4.69) is 12.3 Å². The van der Waals surface area contributed by atoms with E-state index < -0.39 is 0 Å². The Morgan fingerprint density at radius 1 is 1.64 bits per heavy atom. The molecule has 1 aromatic rings. The van der Waals surface area contributed by atoms with E-state index in [9.17, 15) is 0 Å². The molecule has 0 fully saturated rings. The molecule has 0 atom stereocenters. The Balaban J connectivity index is 2.77. The number of furan rings is 1. The largest absolute Gasteiger partial charge is 0.464 e. The van der Waals surface area contributed by atoms with Gasteiger partial charge in [0.05, 0.1) is 12.3 Å². The first-order chi connectivity index (χ1) is 5.27. The van der Waals surface area contributed by atoms with Crippen molar-refractivity contribution in [3.05, 3.63) is 23.2 Å². The van der Waals surface area contributed by atoms with Crippen molar-refractivity contribution in [1.82, 2.24) is 0 Å². The third-order valence-electron chi connectivity index (χ3n) is 1.54. The molecule has 2 nitrogen and oxygen atoms in total. The summed E-state index contributed by atoms with van der Waals surface area (Å²) < 4.78 is 5.46. The molecule has 0 aromatic carbocycles. The van der Waals surface area contributed by atoms with Crippen molar-refractivity contribution in [3.63, 3.8) is 0 Å². The van der Waals surface area contributed by atoms with Gasteiger partial charge >= 0.3 is 0 Å². The lowest BCUT2D eigenvalue weighted by Crippen LogP contribution is -1.95. The Morgan fingerprint density at radius 2 is 2.36 bits per heavy atom. The summed E-state index contributed by atoms with van der Waals surface area (Å²) >= 11 is 1.75. The fraction of sp³-hybridized carbons (Fsp3) is 0.500. The summed E-state index contributed by atoms with van der Waals surface area (Å²) in [6.07, 6.45) is 2.06. The van der Waals surface area contributed by atoms with Gasteiger partial charge in [0.25, 0.3) is 0 Å². The van der Waals surface area contributed by atoms with E-state index >= 15 is 0 Å². The Hall–Kier alpha value is -0.410. The highest BCUT2D eigenvalue weighted by atomic mass is 32.2. The molecule has 0 saturated heterocycles. The van der Waals surface area contributed by atoms with Crippen LogP contribution >= 0.6 is 11.8 Å². The molecule has 0 aliphatic carbocycles. The summed E-state index contributed by atoms with van der Waals surface area (Å²) in [5, 5.41) is 0. The van der Waals surface area contributed by atoms with Crippen molar-refractivity contribution in [2.75, 3.05) is 6.26 Å². The van der Waals surface area contributed by atoms with Gasteiger partial charge in [0, 0.05) is 0 Å². The fourth-order valence-electron chi connectivity index (χ4n) is 1.01. The maximum Gasteiger partial charge on any atom is 0.120 e. The van der Waals surface area contributed by atoms with Crippen molar-refractivity contribution in [1.29, 1.82) is 0 Å². The number of hydrogen-bond donors (Lipinski definition) is 1. The molecule has 0 unspecified atom stereocenters. The lowest BCUT2D eigenvalue weighted by molar-refractivity contribution is 0.480. The third kappa shape index (κ3) is 2.01. The van der Waals surface area contributed by atoms with Crippen LogP contribution in [0.15, 0.2) is 10.5 Å². The summed E-state index contributed by atoms with van der Waals surface area (Å²) in [6.45, 7) is 2.52. The normalized spacial score (nSPS) is 10.5. The second kappa shape index (κ2) is 3.83. The molecule has 3 heteroatoms. The van der Waals surface area contributed by atoms with Gasteiger partial charge in [-0.2, -0.15) is 11.8 Å². The van der Waals surface area contributed by atoms with Gasteiger partial charge in [-0.1, -0.05) is 0 Å². The van der Waals surface area contributed by atoms with E-state index in [0.717, 1.165) is 22.8 Å². The molecule has 0 spiro atoms. The molecule has 0 saturated carbocycles. The maximum absolute atomic E-state index is 5.46. The molecule has 1 rings (SSSR count). The minimum absolute atomic E-state index is 0.500. The van der Waals surface area contributed by atoms with Crippen LogP contribution in [-0.4, -0.2) is 6.26 Å². The molecule has 1 aromatic heterocycles. The quantitative estimate of drug-likeness (QED) is 0.755. The molecule has 0 radical (unpaired) electrons. The van der Waals surface area contributed by atoms with Crippen molar-refractivity contribution < 1.29 is 4.42 Å². The molecule has 0 aliphatic heterocycles. The maximum atomic E-state index is 5.46. The Kier molecular flexibility index (Phi) is 3.02.